The number of carbonyl (C=O) groups is 1. The number of anilines is 1. The maximum Gasteiger partial charge on any atom is 0.262 e. The zero-order valence-corrected chi connectivity index (χ0v) is 17.8. The first-order chi connectivity index (χ1) is 16.7. The van der Waals surface area contributed by atoms with E-state index in [2.05, 4.69) is 20.5 Å². The first kappa shape index (κ1) is 20.8. The molecular weight excluding hydrogens is 430 g/mol. The van der Waals surface area contributed by atoms with Gasteiger partial charge in [-0.05, 0) is 48.5 Å². The van der Waals surface area contributed by atoms with Crippen LogP contribution in [0.2, 0.25) is 0 Å². The van der Waals surface area contributed by atoms with Gasteiger partial charge in [0.25, 0.3) is 5.91 Å². The number of amides is 1. The van der Waals surface area contributed by atoms with E-state index in [1.807, 2.05) is 48.5 Å². The van der Waals surface area contributed by atoms with Gasteiger partial charge >= 0.3 is 0 Å². The zero-order valence-electron chi connectivity index (χ0n) is 17.8. The molecule has 2 aromatic carbocycles. The molecule has 0 bridgehead atoms. The molecule has 5 rings (SSSR count). The minimum Gasteiger partial charge on any atom is -0.482 e. The fraction of sp³-hybridized carbons (Fsp3) is 0.0400. The molecule has 0 aliphatic heterocycles. The topological polar surface area (TPSA) is 118 Å². The van der Waals surface area contributed by atoms with Gasteiger partial charge in [0.2, 0.25) is 0 Å². The fourth-order valence-corrected chi connectivity index (χ4v) is 3.40. The van der Waals surface area contributed by atoms with Gasteiger partial charge in [0.1, 0.15) is 11.8 Å². The van der Waals surface area contributed by atoms with Gasteiger partial charge in [-0.3, -0.25) is 9.78 Å². The van der Waals surface area contributed by atoms with Crippen LogP contribution in [0.15, 0.2) is 85.2 Å². The minimum atomic E-state index is -0.342. The lowest BCUT2D eigenvalue weighted by Gasteiger charge is -2.10. The molecule has 164 valence electrons. The molecule has 3 heterocycles. The number of pyridine rings is 1. The van der Waals surface area contributed by atoms with Crippen LogP contribution in [-0.2, 0) is 4.79 Å². The van der Waals surface area contributed by atoms with Gasteiger partial charge in [-0.25, -0.2) is 0 Å². The summed E-state index contributed by atoms with van der Waals surface area (Å²) in [5.74, 6) is 0.611. The Morgan fingerprint density at radius 1 is 1.00 bits per heavy atom. The highest BCUT2D eigenvalue weighted by molar-refractivity contribution is 5.92. The Labute approximate surface area is 194 Å². The van der Waals surface area contributed by atoms with E-state index >= 15 is 0 Å². The van der Waals surface area contributed by atoms with Crippen LogP contribution < -0.4 is 10.1 Å². The summed E-state index contributed by atoms with van der Waals surface area (Å²) >= 11 is 0. The molecule has 0 spiro atoms. The second-order valence-electron chi connectivity index (χ2n) is 7.28. The number of nitrogens with zero attached hydrogens (tertiary/aromatic N) is 6. The molecule has 9 nitrogen and oxygen atoms in total. The number of nitrogens with one attached hydrogen (secondary N) is 1. The third-order valence-electron chi connectivity index (χ3n) is 4.99. The molecular formula is C25H17N7O2. The summed E-state index contributed by atoms with van der Waals surface area (Å²) in [5.41, 5.74) is 3.88. The molecule has 0 aliphatic carbocycles. The second kappa shape index (κ2) is 9.18. The number of para-hydroxylation sites is 1. The highest BCUT2D eigenvalue weighted by Gasteiger charge is 2.12. The zero-order chi connectivity index (χ0) is 23.3. The number of hydrogen-bond acceptors (Lipinski definition) is 7. The monoisotopic (exact) mass is 447 g/mol. The summed E-state index contributed by atoms with van der Waals surface area (Å²) < 4.78 is 7.17. The Hall–Kier alpha value is -5.10. The number of rotatable bonds is 6. The number of carbonyl (C=O) groups excluding carboxylic acids is 1. The van der Waals surface area contributed by atoms with Crippen LogP contribution in [0.3, 0.4) is 0 Å². The molecule has 9 heteroatoms. The van der Waals surface area contributed by atoms with Gasteiger partial charge in [-0.15, -0.1) is 10.2 Å². The SMILES string of the molecule is N#Cc1ccccc1OCC(=O)Nc1cccc(-c2ccc3nnc(-c4cccnc4)n3n2)c1. The lowest BCUT2D eigenvalue weighted by Crippen LogP contribution is -2.20. The van der Waals surface area contributed by atoms with Gasteiger partial charge in [0.15, 0.2) is 18.1 Å². The minimum absolute atomic E-state index is 0.220. The van der Waals surface area contributed by atoms with E-state index in [-0.39, 0.29) is 12.5 Å². The number of benzene rings is 2. The van der Waals surface area contributed by atoms with E-state index in [4.69, 9.17) is 15.1 Å². The van der Waals surface area contributed by atoms with Crippen LogP contribution >= 0.6 is 0 Å². The lowest BCUT2D eigenvalue weighted by molar-refractivity contribution is -0.118. The van der Waals surface area contributed by atoms with Gasteiger partial charge in [0, 0.05) is 29.2 Å². The molecule has 1 N–H and O–H groups in total. The molecule has 0 atom stereocenters. The molecule has 0 unspecified atom stereocenters. The van der Waals surface area contributed by atoms with Crippen molar-refractivity contribution in [2.24, 2.45) is 0 Å². The smallest absolute Gasteiger partial charge is 0.262 e. The summed E-state index contributed by atoms with van der Waals surface area (Å²) in [4.78, 5) is 16.5. The molecule has 0 aliphatic rings. The van der Waals surface area contributed by atoms with Crippen molar-refractivity contribution < 1.29 is 9.53 Å². The molecule has 3 aromatic heterocycles. The standard InChI is InChI=1S/C25H17N7O2/c26-14-18-5-1-2-9-22(18)34-16-24(33)28-20-8-3-6-17(13-20)21-10-11-23-29-30-25(32(23)31-21)19-7-4-12-27-15-19/h1-13,15H,16H2,(H,28,33). The fourth-order valence-electron chi connectivity index (χ4n) is 3.40. The normalized spacial score (nSPS) is 10.6. The lowest BCUT2D eigenvalue weighted by atomic mass is 10.1. The average Bonchev–Trinajstić information content (AvgIpc) is 3.31. The quantitative estimate of drug-likeness (QED) is 0.421. The molecule has 1 amide bonds. The molecule has 0 fully saturated rings. The summed E-state index contributed by atoms with van der Waals surface area (Å²) in [6.45, 7) is -0.220. The van der Waals surface area contributed by atoms with Crippen LogP contribution in [0, 0.1) is 11.3 Å². The first-order valence-corrected chi connectivity index (χ1v) is 10.4. The van der Waals surface area contributed by atoms with Gasteiger partial charge in [0.05, 0.1) is 11.3 Å². The molecule has 0 saturated carbocycles. The number of nitriles is 1. The van der Waals surface area contributed by atoms with Gasteiger partial charge < -0.3 is 10.1 Å². The van der Waals surface area contributed by atoms with E-state index < -0.39 is 0 Å². The number of fused-ring (bicyclic) bond motifs is 1. The Morgan fingerprint density at radius 3 is 2.74 bits per heavy atom. The van der Waals surface area contributed by atoms with Crippen LogP contribution in [0.25, 0.3) is 28.3 Å². The van der Waals surface area contributed by atoms with Crippen molar-refractivity contribution in [2.45, 2.75) is 0 Å². The Balaban J connectivity index is 1.35. The molecule has 5 aromatic rings. The van der Waals surface area contributed by atoms with Crippen molar-refractivity contribution in [2.75, 3.05) is 11.9 Å². The Kier molecular flexibility index (Phi) is 5.61. The van der Waals surface area contributed by atoms with Crippen LogP contribution in [0.5, 0.6) is 5.75 Å². The maximum atomic E-state index is 12.4. The number of hydrogen-bond donors (Lipinski definition) is 1. The molecule has 0 radical (unpaired) electrons. The van der Waals surface area contributed by atoms with E-state index in [0.29, 0.717) is 34.2 Å². The van der Waals surface area contributed by atoms with Crippen molar-refractivity contribution in [1.29, 1.82) is 5.26 Å². The summed E-state index contributed by atoms with van der Waals surface area (Å²) in [6.07, 6.45) is 3.40. The highest BCUT2D eigenvalue weighted by atomic mass is 16.5. The summed E-state index contributed by atoms with van der Waals surface area (Å²) in [5, 5.41) is 25.1. The van der Waals surface area contributed by atoms with E-state index in [0.717, 1.165) is 11.1 Å². The predicted molar refractivity (Wildman–Crippen MR) is 125 cm³/mol. The van der Waals surface area contributed by atoms with Crippen molar-refractivity contribution in [3.63, 3.8) is 0 Å². The van der Waals surface area contributed by atoms with E-state index in [9.17, 15) is 4.79 Å². The van der Waals surface area contributed by atoms with Gasteiger partial charge in [-0.2, -0.15) is 14.9 Å². The van der Waals surface area contributed by atoms with E-state index in [1.54, 1.807) is 47.2 Å². The molecule has 0 saturated heterocycles. The first-order valence-electron chi connectivity index (χ1n) is 10.4. The summed E-state index contributed by atoms with van der Waals surface area (Å²) in [6, 6.07) is 23.6. The maximum absolute atomic E-state index is 12.4. The molecule has 34 heavy (non-hydrogen) atoms. The number of aromatic nitrogens is 5. The van der Waals surface area contributed by atoms with Crippen LogP contribution in [0.1, 0.15) is 5.56 Å². The van der Waals surface area contributed by atoms with E-state index in [1.165, 1.54) is 0 Å². The van der Waals surface area contributed by atoms with Crippen LogP contribution in [0.4, 0.5) is 5.69 Å². The largest absolute Gasteiger partial charge is 0.482 e. The third-order valence-corrected chi connectivity index (χ3v) is 4.99. The average molecular weight is 447 g/mol. The Bertz CT molecular complexity index is 1520. The predicted octanol–water partition coefficient (Wildman–Crippen LogP) is 3.74. The van der Waals surface area contributed by atoms with Crippen molar-refractivity contribution in [3.8, 4) is 34.5 Å². The van der Waals surface area contributed by atoms with Crippen molar-refractivity contribution >= 4 is 17.2 Å². The second-order valence-corrected chi connectivity index (χ2v) is 7.28. The van der Waals surface area contributed by atoms with Crippen molar-refractivity contribution in [1.82, 2.24) is 24.8 Å². The van der Waals surface area contributed by atoms with Gasteiger partial charge in [-0.1, -0.05) is 24.3 Å². The third kappa shape index (κ3) is 4.28. The van der Waals surface area contributed by atoms with Crippen LogP contribution in [-0.4, -0.2) is 37.3 Å². The Morgan fingerprint density at radius 2 is 1.88 bits per heavy atom. The number of ether oxygens (including phenoxy) is 1. The van der Waals surface area contributed by atoms with Crippen molar-refractivity contribution in [3.05, 3.63) is 90.8 Å². The highest BCUT2D eigenvalue weighted by Crippen LogP contribution is 2.23. The summed E-state index contributed by atoms with van der Waals surface area (Å²) in [7, 11) is 0.